The summed E-state index contributed by atoms with van der Waals surface area (Å²) in [4.78, 5) is 21.7. The van der Waals surface area contributed by atoms with Gasteiger partial charge in [0.25, 0.3) is 0 Å². The summed E-state index contributed by atoms with van der Waals surface area (Å²) in [5.74, 6) is -2.15. The van der Waals surface area contributed by atoms with E-state index in [0.29, 0.717) is 6.42 Å². The molecule has 0 aliphatic heterocycles. The van der Waals surface area contributed by atoms with E-state index in [9.17, 15) is 14.8 Å². The molecule has 0 saturated carbocycles. The summed E-state index contributed by atoms with van der Waals surface area (Å²) in [6.45, 7) is 2.92. The summed E-state index contributed by atoms with van der Waals surface area (Å²) < 4.78 is 0. The molecule has 0 fully saturated rings. The molecule has 0 spiro atoms. The van der Waals surface area contributed by atoms with E-state index in [1.165, 1.54) is 6.92 Å². The fraction of sp³-hybridized carbons (Fsp3) is 0.750. The van der Waals surface area contributed by atoms with Crippen molar-refractivity contribution in [2.24, 2.45) is 0 Å². The molecule has 0 bridgehead atoms. The number of amides is 1. The molecular formula is C8H15NO5. The third-order valence-electron chi connectivity index (χ3n) is 1.69. The van der Waals surface area contributed by atoms with E-state index in [-0.39, 0.29) is 11.5 Å². The quantitative estimate of drug-likeness (QED) is 0.428. The monoisotopic (exact) mass is 205 g/mol. The van der Waals surface area contributed by atoms with Gasteiger partial charge in [-0.2, -0.15) is 0 Å². The van der Waals surface area contributed by atoms with Gasteiger partial charge in [0.05, 0.1) is 6.10 Å². The number of rotatable bonds is 5. The van der Waals surface area contributed by atoms with Gasteiger partial charge in [0.15, 0.2) is 6.04 Å². The molecule has 0 aliphatic carbocycles. The molecule has 82 valence electrons. The van der Waals surface area contributed by atoms with E-state index in [1.807, 2.05) is 0 Å². The number of aliphatic hydroxyl groups is 1. The van der Waals surface area contributed by atoms with Crippen LogP contribution in [0.2, 0.25) is 0 Å². The molecular weight excluding hydrogens is 190 g/mol. The van der Waals surface area contributed by atoms with Crippen molar-refractivity contribution < 1.29 is 25.0 Å². The number of hydrogen-bond acceptors (Lipinski definition) is 4. The van der Waals surface area contributed by atoms with E-state index in [1.54, 1.807) is 6.92 Å². The normalized spacial score (nSPS) is 14.6. The number of hydroxylamine groups is 2. The van der Waals surface area contributed by atoms with Gasteiger partial charge in [-0.15, -0.1) is 0 Å². The average Bonchev–Trinajstić information content (AvgIpc) is 2.03. The van der Waals surface area contributed by atoms with Crippen molar-refractivity contribution in [1.82, 2.24) is 5.06 Å². The van der Waals surface area contributed by atoms with Crippen molar-refractivity contribution in [3.63, 3.8) is 0 Å². The van der Waals surface area contributed by atoms with Crippen LogP contribution in [0.3, 0.4) is 0 Å². The van der Waals surface area contributed by atoms with E-state index in [2.05, 4.69) is 0 Å². The zero-order chi connectivity index (χ0) is 11.3. The van der Waals surface area contributed by atoms with E-state index >= 15 is 0 Å². The maximum Gasteiger partial charge on any atom is 0.331 e. The predicted octanol–water partition coefficient (Wildman–Crippen LogP) is -0.162. The molecule has 0 saturated heterocycles. The Morgan fingerprint density at radius 3 is 2.21 bits per heavy atom. The largest absolute Gasteiger partial charge is 0.480 e. The van der Waals surface area contributed by atoms with E-state index in [0.717, 1.165) is 0 Å². The Hall–Kier alpha value is -1.14. The van der Waals surface area contributed by atoms with Gasteiger partial charge >= 0.3 is 5.97 Å². The van der Waals surface area contributed by atoms with Crippen LogP contribution in [-0.2, 0) is 9.59 Å². The molecule has 3 N–H and O–H groups in total. The molecule has 0 aliphatic rings. The van der Waals surface area contributed by atoms with Crippen LogP contribution >= 0.6 is 0 Å². The summed E-state index contributed by atoms with van der Waals surface area (Å²) in [5.41, 5.74) is 0. The molecule has 0 aromatic heterocycles. The van der Waals surface area contributed by atoms with Crippen LogP contribution in [0, 0.1) is 0 Å². The van der Waals surface area contributed by atoms with Gasteiger partial charge in [-0.25, -0.2) is 9.86 Å². The lowest BCUT2D eigenvalue weighted by Gasteiger charge is -2.24. The third kappa shape index (κ3) is 3.31. The van der Waals surface area contributed by atoms with Gasteiger partial charge in [-0.05, 0) is 13.3 Å². The van der Waals surface area contributed by atoms with Gasteiger partial charge in [0.1, 0.15) is 0 Å². The maximum absolute atomic E-state index is 11.1. The second-order valence-electron chi connectivity index (χ2n) is 3.01. The predicted molar refractivity (Wildman–Crippen MR) is 46.6 cm³/mol. The number of hydrogen-bond donors (Lipinski definition) is 3. The Kier molecular flexibility index (Phi) is 5.11. The molecule has 0 heterocycles. The zero-order valence-electron chi connectivity index (χ0n) is 8.17. The minimum atomic E-state index is -1.60. The number of nitrogens with zero attached hydrogens (tertiary/aromatic N) is 1. The molecule has 0 unspecified atom stereocenters. The first-order valence-electron chi connectivity index (χ1n) is 4.33. The Balaban J connectivity index is 4.51. The van der Waals surface area contributed by atoms with Crippen molar-refractivity contribution in [2.75, 3.05) is 0 Å². The van der Waals surface area contributed by atoms with Crippen molar-refractivity contribution in [3.05, 3.63) is 0 Å². The lowest BCUT2D eigenvalue weighted by atomic mass is 10.1. The van der Waals surface area contributed by atoms with Crippen LogP contribution in [-0.4, -0.2) is 44.5 Å². The molecule has 6 heteroatoms. The van der Waals surface area contributed by atoms with Crippen LogP contribution in [0.1, 0.15) is 26.7 Å². The summed E-state index contributed by atoms with van der Waals surface area (Å²) in [7, 11) is 0. The van der Waals surface area contributed by atoms with Gasteiger partial charge in [-0.3, -0.25) is 10.0 Å². The standard InChI is InChI=1S/C8H15NO5/c1-3-4-6(11)9(14)7(5(2)10)8(12)13/h5,7,10,14H,3-4H2,1-2H3,(H,12,13)/t5-,7+/m1/s1. The fourth-order valence-corrected chi connectivity index (χ4v) is 0.999. The van der Waals surface area contributed by atoms with Crippen LogP contribution in [0.5, 0.6) is 0 Å². The highest BCUT2D eigenvalue weighted by Gasteiger charge is 2.32. The van der Waals surface area contributed by atoms with Gasteiger partial charge < -0.3 is 10.2 Å². The van der Waals surface area contributed by atoms with Gasteiger partial charge in [0, 0.05) is 6.42 Å². The molecule has 6 nitrogen and oxygen atoms in total. The first kappa shape index (κ1) is 12.9. The number of carboxylic acids is 1. The second-order valence-corrected chi connectivity index (χ2v) is 3.01. The van der Waals surface area contributed by atoms with Gasteiger partial charge in [0.2, 0.25) is 5.91 Å². The molecule has 14 heavy (non-hydrogen) atoms. The molecule has 1 amide bonds. The van der Waals surface area contributed by atoms with E-state index in [4.69, 9.17) is 10.2 Å². The topological polar surface area (TPSA) is 98.1 Å². The highest BCUT2D eigenvalue weighted by molar-refractivity contribution is 5.82. The number of carbonyl (C=O) groups excluding carboxylic acids is 1. The van der Waals surface area contributed by atoms with Crippen molar-refractivity contribution >= 4 is 11.9 Å². The molecule has 0 aromatic rings. The molecule has 2 atom stereocenters. The Morgan fingerprint density at radius 1 is 1.43 bits per heavy atom. The van der Waals surface area contributed by atoms with E-state index < -0.39 is 24.0 Å². The Bertz CT molecular complexity index is 216. The molecule has 0 rings (SSSR count). The fourth-order valence-electron chi connectivity index (χ4n) is 0.999. The number of carbonyl (C=O) groups is 2. The summed E-state index contributed by atoms with van der Waals surface area (Å²) in [6, 6.07) is -1.60. The number of aliphatic hydroxyl groups excluding tert-OH is 1. The first-order valence-corrected chi connectivity index (χ1v) is 4.33. The summed E-state index contributed by atoms with van der Waals surface area (Å²) >= 11 is 0. The van der Waals surface area contributed by atoms with Crippen LogP contribution < -0.4 is 0 Å². The van der Waals surface area contributed by atoms with Gasteiger partial charge in [-0.1, -0.05) is 6.92 Å². The number of carboxylic acid groups (broad SMARTS) is 1. The smallest absolute Gasteiger partial charge is 0.331 e. The second kappa shape index (κ2) is 5.56. The highest BCUT2D eigenvalue weighted by atomic mass is 16.5. The van der Waals surface area contributed by atoms with Crippen molar-refractivity contribution in [3.8, 4) is 0 Å². The molecule has 0 aromatic carbocycles. The maximum atomic E-state index is 11.1. The minimum absolute atomic E-state index is 0.0486. The highest BCUT2D eigenvalue weighted by Crippen LogP contribution is 2.05. The molecule has 0 radical (unpaired) electrons. The number of aliphatic carboxylic acids is 1. The Labute approximate surface area is 81.7 Å². The third-order valence-corrected chi connectivity index (χ3v) is 1.69. The van der Waals surface area contributed by atoms with Crippen molar-refractivity contribution in [1.29, 1.82) is 0 Å². The van der Waals surface area contributed by atoms with Crippen molar-refractivity contribution in [2.45, 2.75) is 38.8 Å². The van der Waals surface area contributed by atoms with Crippen LogP contribution in [0.15, 0.2) is 0 Å². The first-order chi connectivity index (χ1) is 6.41. The van der Waals surface area contributed by atoms with Crippen LogP contribution in [0.4, 0.5) is 0 Å². The Morgan fingerprint density at radius 2 is 1.93 bits per heavy atom. The van der Waals surface area contributed by atoms with Crippen LogP contribution in [0.25, 0.3) is 0 Å². The minimum Gasteiger partial charge on any atom is -0.480 e. The lowest BCUT2D eigenvalue weighted by Crippen LogP contribution is -2.49. The summed E-state index contributed by atoms with van der Waals surface area (Å²) in [5, 5.41) is 26.9. The summed E-state index contributed by atoms with van der Waals surface area (Å²) in [6.07, 6.45) is -0.770. The zero-order valence-corrected chi connectivity index (χ0v) is 8.17. The average molecular weight is 205 g/mol. The lowest BCUT2D eigenvalue weighted by molar-refractivity contribution is -0.194. The SMILES string of the molecule is CCCC(=O)N(O)[C@H](C(=O)O)[C@@H](C)O.